The van der Waals surface area contributed by atoms with Crippen molar-refractivity contribution in [2.24, 2.45) is 11.3 Å². The molecule has 2 heteroatoms. The van der Waals surface area contributed by atoms with E-state index in [9.17, 15) is 4.79 Å². The Morgan fingerprint density at radius 1 is 1.54 bits per heavy atom. The predicted molar refractivity (Wildman–Crippen MR) is 52.5 cm³/mol. The molecule has 0 radical (unpaired) electrons. The van der Waals surface area contributed by atoms with Crippen LogP contribution in [-0.4, -0.2) is 11.1 Å². The van der Waals surface area contributed by atoms with Crippen molar-refractivity contribution in [3.63, 3.8) is 0 Å². The summed E-state index contributed by atoms with van der Waals surface area (Å²) in [7, 11) is 0. The fourth-order valence-corrected chi connectivity index (χ4v) is 1.81. The maximum absolute atomic E-state index is 10.6. The number of hydrogen-bond donors (Lipinski definition) is 1. The van der Waals surface area contributed by atoms with Gasteiger partial charge in [-0.15, -0.1) is 0 Å². The summed E-state index contributed by atoms with van der Waals surface area (Å²) in [5.74, 6) is -0.108. The molecule has 0 aromatic heterocycles. The molecule has 0 spiro atoms. The highest BCUT2D eigenvalue weighted by molar-refractivity contribution is 5.86. The van der Waals surface area contributed by atoms with E-state index in [0.717, 1.165) is 19.3 Å². The second kappa shape index (κ2) is 3.52. The minimum atomic E-state index is -0.743. The molecule has 0 aromatic carbocycles. The van der Waals surface area contributed by atoms with Gasteiger partial charge >= 0.3 is 5.97 Å². The Morgan fingerprint density at radius 2 is 2.15 bits per heavy atom. The fourth-order valence-electron chi connectivity index (χ4n) is 1.81. The van der Waals surface area contributed by atoms with E-state index < -0.39 is 5.97 Å². The first-order chi connectivity index (χ1) is 5.91. The summed E-state index contributed by atoms with van der Waals surface area (Å²) < 4.78 is 0. The van der Waals surface area contributed by atoms with Gasteiger partial charge < -0.3 is 5.11 Å². The normalized spacial score (nSPS) is 23.9. The van der Waals surface area contributed by atoms with E-state index in [4.69, 9.17) is 5.11 Å². The zero-order valence-electron chi connectivity index (χ0n) is 8.63. The Kier molecular flexibility index (Phi) is 2.79. The lowest BCUT2D eigenvalue weighted by Gasteiger charge is -2.32. The lowest BCUT2D eigenvalue weighted by Crippen LogP contribution is -2.23. The van der Waals surface area contributed by atoms with Gasteiger partial charge in [-0.05, 0) is 30.6 Å². The number of aliphatic carboxylic acids is 1. The van der Waals surface area contributed by atoms with E-state index >= 15 is 0 Å². The molecule has 0 saturated heterocycles. The first kappa shape index (κ1) is 10.3. The van der Waals surface area contributed by atoms with Crippen molar-refractivity contribution < 1.29 is 9.90 Å². The number of rotatable bonds is 1. The number of carbonyl (C=O) groups is 1. The van der Waals surface area contributed by atoms with Crippen molar-refractivity contribution in [2.75, 3.05) is 0 Å². The summed E-state index contributed by atoms with van der Waals surface area (Å²) in [4.78, 5) is 10.6. The molecule has 1 atom stereocenters. The van der Waals surface area contributed by atoms with Crippen LogP contribution in [0.3, 0.4) is 0 Å². The third-order valence-electron chi connectivity index (χ3n) is 2.91. The standard InChI is InChI=1S/C11H18O2/c1-11(2,3)9-6-4-8(5-7-9)10(12)13/h4,9H,5-7H2,1-3H3,(H,12,13)/t9-/m0/s1. The minimum Gasteiger partial charge on any atom is -0.478 e. The van der Waals surface area contributed by atoms with E-state index in [1.807, 2.05) is 6.08 Å². The van der Waals surface area contributed by atoms with Crippen LogP contribution in [-0.2, 0) is 4.79 Å². The van der Waals surface area contributed by atoms with Crippen molar-refractivity contribution in [3.8, 4) is 0 Å². The molecule has 0 amide bonds. The van der Waals surface area contributed by atoms with Gasteiger partial charge in [-0.25, -0.2) is 4.79 Å². The molecular formula is C11H18O2. The van der Waals surface area contributed by atoms with E-state index in [0.29, 0.717) is 16.9 Å². The summed E-state index contributed by atoms with van der Waals surface area (Å²) in [6, 6.07) is 0. The van der Waals surface area contributed by atoms with Crippen molar-refractivity contribution in [1.82, 2.24) is 0 Å². The quantitative estimate of drug-likeness (QED) is 0.677. The maximum atomic E-state index is 10.6. The van der Waals surface area contributed by atoms with Gasteiger partial charge in [0.1, 0.15) is 0 Å². The molecule has 0 saturated carbocycles. The van der Waals surface area contributed by atoms with Gasteiger partial charge in [-0.3, -0.25) is 0 Å². The largest absolute Gasteiger partial charge is 0.478 e. The third-order valence-corrected chi connectivity index (χ3v) is 2.91. The highest BCUT2D eigenvalue weighted by atomic mass is 16.4. The summed E-state index contributed by atoms with van der Waals surface area (Å²) in [5.41, 5.74) is 0.904. The van der Waals surface area contributed by atoms with Crippen LogP contribution in [0.25, 0.3) is 0 Å². The van der Waals surface area contributed by atoms with Gasteiger partial charge in [0.25, 0.3) is 0 Å². The summed E-state index contributed by atoms with van der Waals surface area (Å²) in [6.07, 6.45) is 4.56. The van der Waals surface area contributed by atoms with E-state index in [2.05, 4.69) is 20.8 Å². The molecule has 13 heavy (non-hydrogen) atoms. The summed E-state index contributed by atoms with van der Waals surface area (Å²) in [6.45, 7) is 6.66. The molecule has 0 heterocycles. The molecular weight excluding hydrogens is 164 g/mol. The molecule has 74 valence electrons. The molecule has 0 unspecified atom stereocenters. The van der Waals surface area contributed by atoms with Crippen molar-refractivity contribution in [3.05, 3.63) is 11.6 Å². The molecule has 1 aliphatic carbocycles. The van der Waals surface area contributed by atoms with Crippen molar-refractivity contribution in [2.45, 2.75) is 40.0 Å². The molecule has 0 bridgehead atoms. The van der Waals surface area contributed by atoms with Crippen LogP contribution in [0, 0.1) is 11.3 Å². The summed E-state index contributed by atoms with van der Waals surface area (Å²) in [5, 5.41) is 8.76. The first-order valence-electron chi connectivity index (χ1n) is 4.83. The van der Waals surface area contributed by atoms with Crippen LogP contribution < -0.4 is 0 Å². The topological polar surface area (TPSA) is 37.3 Å². The van der Waals surface area contributed by atoms with Crippen LogP contribution in [0.2, 0.25) is 0 Å². The van der Waals surface area contributed by atoms with Gasteiger partial charge in [0, 0.05) is 5.57 Å². The van der Waals surface area contributed by atoms with Gasteiger partial charge in [0.2, 0.25) is 0 Å². The zero-order valence-corrected chi connectivity index (χ0v) is 8.63. The number of carboxylic acid groups (broad SMARTS) is 1. The molecule has 0 fully saturated rings. The smallest absolute Gasteiger partial charge is 0.331 e. The fraction of sp³-hybridized carbons (Fsp3) is 0.727. The van der Waals surface area contributed by atoms with E-state index in [1.54, 1.807) is 0 Å². The SMILES string of the molecule is CC(C)(C)[C@H]1CC=C(C(=O)O)CC1. The average Bonchev–Trinajstić information content (AvgIpc) is 2.03. The monoisotopic (exact) mass is 182 g/mol. The molecule has 0 aromatic rings. The van der Waals surface area contributed by atoms with Crippen LogP contribution in [0.15, 0.2) is 11.6 Å². The van der Waals surface area contributed by atoms with Crippen molar-refractivity contribution >= 4 is 5.97 Å². The summed E-state index contributed by atoms with van der Waals surface area (Å²) >= 11 is 0. The third kappa shape index (κ3) is 2.58. The second-order valence-electron chi connectivity index (χ2n) is 4.87. The second-order valence-corrected chi connectivity index (χ2v) is 4.87. The number of allylic oxidation sites excluding steroid dienone is 1. The number of carboxylic acids is 1. The van der Waals surface area contributed by atoms with E-state index in [1.165, 1.54) is 0 Å². The number of hydrogen-bond acceptors (Lipinski definition) is 1. The van der Waals surface area contributed by atoms with Crippen LogP contribution >= 0.6 is 0 Å². The zero-order chi connectivity index (χ0) is 10.1. The lowest BCUT2D eigenvalue weighted by atomic mass is 9.73. The Hall–Kier alpha value is -0.790. The Balaban J connectivity index is 2.61. The molecule has 1 rings (SSSR count). The maximum Gasteiger partial charge on any atom is 0.331 e. The predicted octanol–water partition coefficient (Wildman–Crippen LogP) is 2.84. The van der Waals surface area contributed by atoms with Crippen LogP contribution in [0.4, 0.5) is 0 Å². The Labute approximate surface area is 79.6 Å². The molecule has 2 nitrogen and oxygen atoms in total. The minimum absolute atomic E-state index is 0.306. The Morgan fingerprint density at radius 3 is 2.46 bits per heavy atom. The highest BCUT2D eigenvalue weighted by Crippen LogP contribution is 2.36. The lowest BCUT2D eigenvalue weighted by molar-refractivity contribution is -0.133. The average molecular weight is 182 g/mol. The molecule has 1 N–H and O–H groups in total. The Bertz CT molecular complexity index is 233. The van der Waals surface area contributed by atoms with Crippen molar-refractivity contribution in [1.29, 1.82) is 0 Å². The van der Waals surface area contributed by atoms with Crippen LogP contribution in [0.5, 0.6) is 0 Å². The van der Waals surface area contributed by atoms with Gasteiger partial charge in [0.15, 0.2) is 0 Å². The van der Waals surface area contributed by atoms with E-state index in [-0.39, 0.29) is 0 Å². The highest BCUT2D eigenvalue weighted by Gasteiger charge is 2.27. The van der Waals surface area contributed by atoms with Crippen LogP contribution in [0.1, 0.15) is 40.0 Å². The van der Waals surface area contributed by atoms with Gasteiger partial charge in [-0.1, -0.05) is 26.8 Å². The first-order valence-corrected chi connectivity index (χ1v) is 4.83. The molecule has 0 aliphatic heterocycles. The van der Waals surface area contributed by atoms with Gasteiger partial charge in [0.05, 0.1) is 0 Å². The molecule has 1 aliphatic rings. The van der Waals surface area contributed by atoms with Gasteiger partial charge in [-0.2, -0.15) is 0 Å².